The number of nitrogens with zero attached hydrogens (tertiary/aromatic N) is 2. The average molecular weight is 445 g/mol. The number of carbonyl (C=O) groups excluding carboxylic acids is 1. The van der Waals surface area contributed by atoms with Crippen LogP contribution in [0, 0.1) is 0 Å². The molecule has 0 radical (unpaired) electrons. The minimum atomic E-state index is -0.406. The number of ether oxygens (including phenoxy) is 2. The Labute approximate surface area is 181 Å². The number of esters is 1. The van der Waals surface area contributed by atoms with E-state index < -0.39 is 5.97 Å². The second-order valence-corrected chi connectivity index (χ2v) is 6.96. The Morgan fingerprint density at radius 1 is 1.07 bits per heavy atom. The van der Waals surface area contributed by atoms with Crippen molar-refractivity contribution in [2.24, 2.45) is 0 Å². The van der Waals surface area contributed by atoms with E-state index in [0.29, 0.717) is 44.3 Å². The second kappa shape index (κ2) is 8.61. The van der Waals surface area contributed by atoms with Crippen molar-refractivity contribution in [3.63, 3.8) is 0 Å². The Morgan fingerprint density at radius 2 is 1.87 bits per heavy atom. The van der Waals surface area contributed by atoms with Crippen molar-refractivity contribution in [2.75, 3.05) is 7.11 Å². The van der Waals surface area contributed by atoms with Crippen molar-refractivity contribution in [3.05, 3.63) is 76.0 Å². The lowest BCUT2D eigenvalue weighted by Crippen LogP contribution is -2.01. The van der Waals surface area contributed by atoms with Gasteiger partial charge in [0.1, 0.15) is 18.1 Å². The highest BCUT2D eigenvalue weighted by atomic mass is 35.5. The van der Waals surface area contributed by atoms with E-state index in [0.717, 1.165) is 0 Å². The molecule has 0 spiro atoms. The molecule has 0 amide bonds. The first-order valence-corrected chi connectivity index (χ1v) is 9.48. The third-order valence-electron chi connectivity index (χ3n) is 4.13. The first-order valence-electron chi connectivity index (χ1n) is 8.73. The van der Waals surface area contributed by atoms with Gasteiger partial charge in [0.25, 0.3) is 5.89 Å². The maximum atomic E-state index is 11.5. The zero-order valence-electron chi connectivity index (χ0n) is 15.6. The minimum absolute atomic E-state index is 0.182. The molecule has 0 N–H and O–H groups in total. The molecule has 2 aromatic heterocycles. The van der Waals surface area contributed by atoms with Gasteiger partial charge in [-0.2, -0.15) is 4.98 Å². The quantitative estimate of drug-likeness (QED) is 0.354. The number of hydrogen-bond donors (Lipinski definition) is 0. The van der Waals surface area contributed by atoms with Gasteiger partial charge in [0.15, 0.2) is 5.76 Å². The fourth-order valence-corrected chi connectivity index (χ4v) is 3.13. The first kappa shape index (κ1) is 20.0. The van der Waals surface area contributed by atoms with Crippen LogP contribution in [0.5, 0.6) is 5.75 Å². The lowest BCUT2D eigenvalue weighted by atomic mass is 10.2. The topological polar surface area (TPSA) is 87.6 Å². The molecular weight excluding hydrogens is 431 g/mol. The molecule has 0 unspecified atom stereocenters. The van der Waals surface area contributed by atoms with Gasteiger partial charge in [-0.3, -0.25) is 0 Å². The fourth-order valence-electron chi connectivity index (χ4n) is 2.63. The van der Waals surface area contributed by atoms with Crippen LogP contribution in [0.1, 0.15) is 16.1 Å². The summed E-state index contributed by atoms with van der Waals surface area (Å²) in [6.07, 6.45) is 0. The molecule has 2 heterocycles. The summed E-state index contributed by atoms with van der Waals surface area (Å²) in [4.78, 5) is 15.8. The number of methoxy groups -OCH3 is 1. The Balaban J connectivity index is 1.43. The third-order valence-corrected chi connectivity index (χ3v) is 4.67. The smallest absolute Gasteiger partial charge is 0.337 e. The average Bonchev–Trinajstić information content (AvgIpc) is 3.42. The van der Waals surface area contributed by atoms with E-state index in [-0.39, 0.29) is 12.5 Å². The normalized spacial score (nSPS) is 10.8. The fraction of sp³-hybridized carbons (Fsp3) is 0.0952. The zero-order valence-corrected chi connectivity index (χ0v) is 17.1. The molecule has 0 aliphatic rings. The predicted octanol–water partition coefficient (Wildman–Crippen LogP) is 5.67. The Bertz CT molecular complexity index is 1180. The molecule has 152 valence electrons. The molecule has 0 saturated heterocycles. The van der Waals surface area contributed by atoms with Crippen molar-refractivity contribution in [2.45, 2.75) is 6.61 Å². The zero-order chi connectivity index (χ0) is 21.1. The van der Waals surface area contributed by atoms with Crippen LogP contribution in [0.3, 0.4) is 0 Å². The summed E-state index contributed by atoms with van der Waals surface area (Å²) in [7, 11) is 1.33. The molecule has 0 atom stereocenters. The summed E-state index contributed by atoms with van der Waals surface area (Å²) in [5, 5.41) is 4.88. The van der Waals surface area contributed by atoms with E-state index in [2.05, 4.69) is 14.9 Å². The lowest BCUT2D eigenvalue weighted by Gasteiger charge is -2.05. The van der Waals surface area contributed by atoms with Crippen molar-refractivity contribution in [3.8, 4) is 28.8 Å². The number of furan rings is 1. The van der Waals surface area contributed by atoms with Crippen molar-refractivity contribution in [1.29, 1.82) is 0 Å². The predicted molar refractivity (Wildman–Crippen MR) is 110 cm³/mol. The second-order valence-electron chi connectivity index (χ2n) is 6.12. The van der Waals surface area contributed by atoms with Crippen molar-refractivity contribution >= 4 is 29.2 Å². The van der Waals surface area contributed by atoms with Crippen molar-refractivity contribution in [1.82, 2.24) is 10.1 Å². The first-order chi connectivity index (χ1) is 14.5. The monoisotopic (exact) mass is 444 g/mol. The standard InChI is InChI=1S/C21H14Cl2N2O5/c1-27-21(26)12-2-5-14(6-3-12)28-11-15-7-9-18(29-15)20-24-19(25-30-20)16-8-4-13(22)10-17(16)23/h2-10H,11H2,1H3. The Hall–Kier alpha value is -3.29. The highest BCUT2D eigenvalue weighted by Gasteiger charge is 2.16. The molecular formula is C21H14Cl2N2O5. The van der Waals surface area contributed by atoms with Gasteiger partial charge in [-0.05, 0) is 54.6 Å². The molecule has 4 aromatic rings. The number of halogens is 2. The van der Waals surface area contributed by atoms with E-state index in [1.54, 1.807) is 54.6 Å². The summed E-state index contributed by atoms with van der Waals surface area (Å²) in [5.41, 5.74) is 1.04. The van der Waals surface area contributed by atoms with Gasteiger partial charge >= 0.3 is 5.97 Å². The Morgan fingerprint density at radius 3 is 2.60 bits per heavy atom. The minimum Gasteiger partial charge on any atom is -0.486 e. The SMILES string of the molecule is COC(=O)c1ccc(OCc2ccc(-c3nc(-c4ccc(Cl)cc4Cl)no3)o2)cc1. The molecule has 0 aliphatic carbocycles. The van der Waals surface area contributed by atoms with Crippen LogP contribution in [-0.4, -0.2) is 23.2 Å². The summed E-state index contributed by atoms with van der Waals surface area (Å²) < 4.78 is 21.3. The number of benzene rings is 2. The lowest BCUT2D eigenvalue weighted by molar-refractivity contribution is 0.0600. The summed E-state index contributed by atoms with van der Waals surface area (Å²) in [6, 6.07) is 15.1. The van der Waals surface area contributed by atoms with Crippen LogP contribution >= 0.6 is 23.2 Å². The van der Waals surface area contributed by atoms with Crippen LogP contribution in [-0.2, 0) is 11.3 Å². The van der Waals surface area contributed by atoms with Gasteiger partial charge in [0.2, 0.25) is 5.82 Å². The largest absolute Gasteiger partial charge is 0.486 e. The van der Waals surface area contributed by atoms with Crippen LogP contribution in [0.15, 0.2) is 63.5 Å². The van der Waals surface area contributed by atoms with Crippen molar-refractivity contribution < 1.29 is 23.2 Å². The van der Waals surface area contributed by atoms with Gasteiger partial charge in [-0.25, -0.2) is 4.79 Å². The van der Waals surface area contributed by atoms with E-state index in [9.17, 15) is 4.79 Å². The number of aromatic nitrogens is 2. The summed E-state index contributed by atoms with van der Waals surface area (Å²) >= 11 is 12.1. The van der Waals surface area contributed by atoms with E-state index in [4.69, 9.17) is 36.9 Å². The van der Waals surface area contributed by atoms with Gasteiger partial charge in [0, 0.05) is 10.6 Å². The van der Waals surface area contributed by atoms with Gasteiger partial charge < -0.3 is 18.4 Å². The number of hydrogen-bond acceptors (Lipinski definition) is 7. The third kappa shape index (κ3) is 4.32. The molecule has 4 rings (SSSR count). The van der Waals surface area contributed by atoms with Gasteiger partial charge in [-0.1, -0.05) is 28.4 Å². The maximum Gasteiger partial charge on any atom is 0.337 e. The van der Waals surface area contributed by atoms with E-state index in [1.807, 2.05) is 0 Å². The molecule has 0 bridgehead atoms. The maximum absolute atomic E-state index is 11.5. The van der Waals surface area contributed by atoms with Gasteiger partial charge in [0.05, 0.1) is 17.7 Å². The molecule has 30 heavy (non-hydrogen) atoms. The van der Waals surface area contributed by atoms with Crippen LogP contribution < -0.4 is 4.74 Å². The number of rotatable bonds is 6. The molecule has 7 nitrogen and oxygen atoms in total. The Kier molecular flexibility index (Phi) is 5.74. The highest BCUT2D eigenvalue weighted by Crippen LogP contribution is 2.30. The van der Waals surface area contributed by atoms with Gasteiger partial charge in [-0.15, -0.1) is 0 Å². The molecule has 2 aromatic carbocycles. The molecule has 0 saturated carbocycles. The summed E-state index contributed by atoms with van der Waals surface area (Å²) in [5.74, 6) is 1.68. The molecule has 0 aliphatic heterocycles. The van der Waals surface area contributed by atoms with Crippen LogP contribution in [0.4, 0.5) is 0 Å². The highest BCUT2D eigenvalue weighted by molar-refractivity contribution is 6.36. The van der Waals surface area contributed by atoms with Crippen LogP contribution in [0.2, 0.25) is 10.0 Å². The van der Waals surface area contributed by atoms with E-state index >= 15 is 0 Å². The number of carbonyl (C=O) groups is 1. The summed E-state index contributed by atoms with van der Waals surface area (Å²) in [6.45, 7) is 0.182. The van der Waals surface area contributed by atoms with Crippen LogP contribution in [0.25, 0.3) is 23.0 Å². The van der Waals surface area contributed by atoms with E-state index in [1.165, 1.54) is 7.11 Å². The molecule has 9 heteroatoms. The molecule has 0 fully saturated rings.